The molecule has 0 spiro atoms. The predicted octanol–water partition coefficient (Wildman–Crippen LogP) is 2.24. The van der Waals surface area contributed by atoms with E-state index in [9.17, 15) is 22.4 Å². The zero-order valence-electron chi connectivity index (χ0n) is 17.7. The van der Waals surface area contributed by atoms with E-state index >= 15 is 0 Å². The highest BCUT2D eigenvalue weighted by molar-refractivity contribution is 9.10. The summed E-state index contributed by atoms with van der Waals surface area (Å²) in [6, 6.07) is 9.91. The van der Waals surface area contributed by atoms with Crippen molar-refractivity contribution in [3.8, 4) is 0 Å². The lowest BCUT2D eigenvalue weighted by molar-refractivity contribution is -0.122. The monoisotopic (exact) mass is 539 g/mol. The number of morpholine rings is 1. The van der Waals surface area contributed by atoms with Crippen LogP contribution in [0.5, 0.6) is 0 Å². The average molecular weight is 540 g/mol. The number of benzene rings is 2. The van der Waals surface area contributed by atoms with Crippen molar-refractivity contribution < 1.29 is 27.1 Å². The molecule has 0 N–H and O–H groups in total. The minimum atomic E-state index is -4.08. The fourth-order valence-electron chi connectivity index (χ4n) is 3.95. The van der Waals surface area contributed by atoms with Gasteiger partial charge in [0.25, 0.3) is 5.91 Å². The normalized spacial score (nSPS) is 20.1. The molecule has 8 nitrogen and oxygen atoms in total. The number of halogens is 2. The maximum Gasteiger partial charge on any atom is 0.252 e. The lowest BCUT2D eigenvalue weighted by Gasteiger charge is -2.31. The van der Waals surface area contributed by atoms with Gasteiger partial charge in [0.05, 0.1) is 30.2 Å². The Labute approximate surface area is 200 Å². The van der Waals surface area contributed by atoms with Crippen molar-refractivity contribution in [2.75, 3.05) is 44.3 Å². The van der Waals surface area contributed by atoms with Crippen LogP contribution in [0.15, 0.2) is 57.9 Å². The first-order chi connectivity index (χ1) is 15.8. The lowest BCUT2D eigenvalue weighted by atomic mass is 10.2. The van der Waals surface area contributed by atoms with Crippen LogP contribution in [0.25, 0.3) is 0 Å². The third-order valence-corrected chi connectivity index (χ3v) is 8.17. The van der Waals surface area contributed by atoms with E-state index < -0.39 is 33.7 Å². The van der Waals surface area contributed by atoms with Gasteiger partial charge < -0.3 is 4.74 Å². The summed E-state index contributed by atoms with van der Waals surface area (Å²) in [4.78, 5) is 29.1. The third kappa shape index (κ3) is 5.17. The molecule has 0 bridgehead atoms. The molecule has 2 amide bonds. The van der Waals surface area contributed by atoms with Gasteiger partial charge in [0, 0.05) is 30.7 Å². The molecular weight excluding hydrogens is 517 g/mol. The van der Waals surface area contributed by atoms with Gasteiger partial charge in [-0.1, -0.05) is 15.9 Å². The van der Waals surface area contributed by atoms with Gasteiger partial charge in [-0.15, -0.1) is 0 Å². The van der Waals surface area contributed by atoms with E-state index in [1.807, 2.05) is 0 Å². The second kappa shape index (κ2) is 9.98. The Kier molecular flexibility index (Phi) is 7.25. The number of sulfonamides is 1. The van der Waals surface area contributed by atoms with E-state index in [0.717, 1.165) is 25.8 Å². The van der Waals surface area contributed by atoms with Crippen LogP contribution in [0, 0.1) is 5.82 Å². The summed E-state index contributed by atoms with van der Waals surface area (Å²) in [6.07, 6.45) is -0.283. The average Bonchev–Trinajstić information content (AvgIpc) is 3.09. The lowest BCUT2D eigenvalue weighted by Crippen LogP contribution is -2.49. The molecule has 2 aliphatic rings. The molecule has 4 rings (SSSR count). The van der Waals surface area contributed by atoms with Crippen LogP contribution < -0.4 is 4.90 Å². The third-order valence-electron chi connectivity index (χ3n) is 5.72. The molecule has 0 saturated carbocycles. The predicted molar refractivity (Wildman–Crippen MR) is 123 cm³/mol. The minimum Gasteiger partial charge on any atom is -0.379 e. The molecule has 2 saturated heterocycles. The quantitative estimate of drug-likeness (QED) is 0.501. The number of carbonyl (C=O) groups is 2. The van der Waals surface area contributed by atoms with Crippen molar-refractivity contribution in [2.45, 2.75) is 17.4 Å². The van der Waals surface area contributed by atoms with E-state index in [1.54, 1.807) is 12.1 Å². The van der Waals surface area contributed by atoms with Gasteiger partial charge in [-0.25, -0.2) is 17.7 Å². The molecule has 2 aromatic rings. The molecule has 0 aliphatic carbocycles. The van der Waals surface area contributed by atoms with Crippen molar-refractivity contribution in [1.29, 1.82) is 0 Å². The molecule has 1 atom stereocenters. The molecular formula is C22H23BrFN3O5S. The largest absolute Gasteiger partial charge is 0.379 e. The molecule has 176 valence electrons. The molecule has 2 fully saturated rings. The summed E-state index contributed by atoms with van der Waals surface area (Å²) < 4.78 is 47.7. The first-order valence-electron chi connectivity index (χ1n) is 10.5. The summed E-state index contributed by atoms with van der Waals surface area (Å²) in [6.45, 7) is 2.86. The van der Waals surface area contributed by atoms with Gasteiger partial charge in [-0.2, -0.15) is 4.31 Å². The number of anilines is 1. The standard InChI is InChI=1S/C22H23BrFN3O5S/c23-16-1-7-19(8-2-16)33(30,31)26(10-9-25-11-13-32-14-12-25)20-15-21(28)27(22(20)29)18-5-3-17(24)4-6-18/h1-8,20H,9-15H2. The maximum absolute atomic E-state index is 13.6. The zero-order valence-corrected chi connectivity index (χ0v) is 20.1. The van der Waals surface area contributed by atoms with Crippen molar-refractivity contribution in [1.82, 2.24) is 9.21 Å². The maximum atomic E-state index is 13.6. The summed E-state index contributed by atoms with van der Waals surface area (Å²) in [5.74, 6) is -1.67. The van der Waals surface area contributed by atoms with Crippen LogP contribution in [-0.4, -0.2) is 74.9 Å². The summed E-state index contributed by atoms with van der Waals surface area (Å²) in [5, 5.41) is 0. The molecule has 33 heavy (non-hydrogen) atoms. The molecule has 1 unspecified atom stereocenters. The SMILES string of the molecule is O=C1CC(N(CCN2CCOCC2)S(=O)(=O)c2ccc(Br)cc2)C(=O)N1c1ccc(F)cc1. The number of nitrogens with zero attached hydrogens (tertiary/aromatic N) is 3. The Morgan fingerprint density at radius 2 is 1.67 bits per heavy atom. The number of rotatable bonds is 7. The van der Waals surface area contributed by atoms with Crippen molar-refractivity contribution in [2.24, 2.45) is 0 Å². The Balaban J connectivity index is 1.64. The number of ether oxygens (including phenoxy) is 1. The number of hydrogen-bond acceptors (Lipinski definition) is 6. The molecule has 0 radical (unpaired) electrons. The Hall–Kier alpha value is -2.18. The number of hydrogen-bond donors (Lipinski definition) is 0. The molecule has 11 heteroatoms. The summed E-state index contributed by atoms with van der Waals surface area (Å²) in [7, 11) is -4.08. The highest BCUT2D eigenvalue weighted by Gasteiger charge is 2.47. The van der Waals surface area contributed by atoms with Gasteiger partial charge >= 0.3 is 0 Å². The summed E-state index contributed by atoms with van der Waals surface area (Å²) in [5.41, 5.74) is 0.211. The highest BCUT2D eigenvalue weighted by atomic mass is 79.9. The van der Waals surface area contributed by atoms with Gasteiger partial charge in [0.15, 0.2) is 0 Å². The van der Waals surface area contributed by atoms with Gasteiger partial charge in [0.1, 0.15) is 11.9 Å². The second-order valence-corrected chi connectivity index (χ2v) is 10.6. The van der Waals surface area contributed by atoms with Gasteiger partial charge in [-0.05, 0) is 48.5 Å². The molecule has 2 aromatic carbocycles. The summed E-state index contributed by atoms with van der Waals surface area (Å²) >= 11 is 3.30. The first kappa shape index (κ1) is 24.0. The van der Waals surface area contributed by atoms with Crippen molar-refractivity contribution in [3.63, 3.8) is 0 Å². The van der Waals surface area contributed by atoms with E-state index in [0.29, 0.717) is 32.8 Å². The van der Waals surface area contributed by atoms with Gasteiger partial charge in [0.2, 0.25) is 15.9 Å². The number of amides is 2. The van der Waals surface area contributed by atoms with Crippen LogP contribution in [0.1, 0.15) is 6.42 Å². The van der Waals surface area contributed by atoms with E-state index in [-0.39, 0.29) is 23.5 Å². The highest BCUT2D eigenvalue weighted by Crippen LogP contribution is 2.30. The van der Waals surface area contributed by atoms with Crippen LogP contribution in [0.4, 0.5) is 10.1 Å². The van der Waals surface area contributed by atoms with E-state index in [1.165, 1.54) is 24.3 Å². The van der Waals surface area contributed by atoms with E-state index in [4.69, 9.17) is 4.74 Å². The van der Waals surface area contributed by atoms with Gasteiger partial charge in [-0.3, -0.25) is 14.5 Å². The van der Waals surface area contributed by atoms with Crippen LogP contribution >= 0.6 is 15.9 Å². The van der Waals surface area contributed by atoms with Crippen LogP contribution in [-0.2, 0) is 24.3 Å². The topological polar surface area (TPSA) is 87.2 Å². The minimum absolute atomic E-state index is 0.0353. The smallest absolute Gasteiger partial charge is 0.252 e. The van der Waals surface area contributed by atoms with Crippen molar-refractivity contribution in [3.05, 3.63) is 58.8 Å². The second-order valence-electron chi connectivity index (χ2n) is 7.79. The molecule has 2 aliphatic heterocycles. The zero-order chi connectivity index (χ0) is 23.6. The molecule has 2 heterocycles. The fraction of sp³-hybridized carbons (Fsp3) is 0.364. The van der Waals surface area contributed by atoms with Crippen LogP contribution in [0.2, 0.25) is 0 Å². The Bertz CT molecular complexity index is 1120. The molecule has 0 aromatic heterocycles. The number of imide groups is 1. The Morgan fingerprint density at radius 1 is 1.03 bits per heavy atom. The number of carbonyl (C=O) groups excluding carboxylic acids is 2. The fourth-order valence-corrected chi connectivity index (χ4v) is 5.79. The first-order valence-corrected chi connectivity index (χ1v) is 12.7. The Morgan fingerprint density at radius 3 is 2.30 bits per heavy atom. The van der Waals surface area contributed by atoms with Crippen LogP contribution in [0.3, 0.4) is 0 Å². The van der Waals surface area contributed by atoms with Crippen molar-refractivity contribution >= 4 is 43.5 Å². The van der Waals surface area contributed by atoms with E-state index in [2.05, 4.69) is 20.8 Å².